The molecule has 1 aromatic rings. The van der Waals surface area contributed by atoms with Gasteiger partial charge in [0.2, 0.25) is 0 Å². The first-order valence-corrected chi connectivity index (χ1v) is 6.73. The average molecular weight is 239 g/mol. The topological polar surface area (TPSA) is 74.1 Å². The fourth-order valence-electron chi connectivity index (χ4n) is 1.11. The van der Waals surface area contributed by atoms with E-state index < -0.39 is 9.84 Å². The minimum Gasteiger partial charge on any atom is -0.372 e. The number of pyridine rings is 1. The molecular formula is C10H13N3O2S. The zero-order chi connectivity index (χ0) is 12.2. The summed E-state index contributed by atoms with van der Waals surface area (Å²) in [5, 5.41) is 8.57. The van der Waals surface area contributed by atoms with Crippen molar-refractivity contribution in [3.8, 4) is 6.07 Å². The molecule has 1 aromatic heterocycles. The second kappa shape index (κ2) is 4.94. The van der Waals surface area contributed by atoms with Crippen LogP contribution in [0.4, 0.5) is 5.69 Å². The molecule has 6 heteroatoms. The largest absolute Gasteiger partial charge is 0.372 e. The minimum absolute atomic E-state index is 0.101. The molecule has 1 rings (SSSR count). The third kappa shape index (κ3) is 3.87. The second-order valence-corrected chi connectivity index (χ2v) is 5.82. The number of nitrogens with zero attached hydrogens (tertiary/aromatic N) is 3. The van der Waals surface area contributed by atoms with Gasteiger partial charge in [-0.25, -0.2) is 13.4 Å². The number of hydrogen-bond acceptors (Lipinski definition) is 5. The Balaban J connectivity index is 2.67. The molecule has 0 unspecified atom stereocenters. The monoisotopic (exact) mass is 239 g/mol. The maximum absolute atomic E-state index is 11.0. The molecule has 0 spiro atoms. The van der Waals surface area contributed by atoms with Crippen LogP contribution in [0.25, 0.3) is 0 Å². The van der Waals surface area contributed by atoms with Gasteiger partial charge in [-0.05, 0) is 12.1 Å². The van der Waals surface area contributed by atoms with E-state index in [1.807, 2.05) is 6.07 Å². The number of sulfone groups is 1. The molecule has 0 saturated heterocycles. The number of rotatable bonds is 4. The highest BCUT2D eigenvalue weighted by Crippen LogP contribution is 2.10. The lowest BCUT2D eigenvalue weighted by molar-refractivity contribution is 0.601. The van der Waals surface area contributed by atoms with E-state index in [9.17, 15) is 8.42 Å². The molecule has 1 heterocycles. The molecule has 0 fully saturated rings. The molecule has 86 valence electrons. The molecule has 0 N–H and O–H groups in total. The maximum Gasteiger partial charge on any atom is 0.149 e. The highest BCUT2D eigenvalue weighted by molar-refractivity contribution is 7.90. The van der Waals surface area contributed by atoms with E-state index in [1.165, 1.54) is 6.26 Å². The van der Waals surface area contributed by atoms with Crippen LogP contribution in [0.5, 0.6) is 0 Å². The van der Waals surface area contributed by atoms with E-state index in [0.29, 0.717) is 12.2 Å². The summed E-state index contributed by atoms with van der Waals surface area (Å²) < 4.78 is 22.0. The molecule has 0 atom stereocenters. The van der Waals surface area contributed by atoms with Crippen LogP contribution in [-0.2, 0) is 9.84 Å². The Hall–Kier alpha value is -1.61. The van der Waals surface area contributed by atoms with Crippen LogP contribution in [0.1, 0.15) is 5.69 Å². The Morgan fingerprint density at radius 3 is 2.62 bits per heavy atom. The zero-order valence-corrected chi connectivity index (χ0v) is 10.0. The molecule has 0 saturated carbocycles. The van der Waals surface area contributed by atoms with Crippen molar-refractivity contribution in [3.63, 3.8) is 0 Å². The molecule has 0 bridgehead atoms. The zero-order valence-electron chi connectivity index (χ0n) is 9.21. The van der Waals surface area contributed by atoms with Crippen molar-refractivity contribution in [1.29, 1.82) is 5.26 Å². The molecular weight excluding hydrogens is 226 g/mol. The van der Waals surface area contributed by atoms with Crippen LogP contribution in [-0.4, -0.2) is 39.0 Å². The lowest BCUT2D eigenvalue weighted by atomic mass is 10.3. The van der Waals surface area contributed by atoms with Gasteiger partial charge >= 0.3 is 0 Å². The Bertz CT molecular complexity index is 488. The van der Waals surface area contributed by atoms with Crippen molar-refractivity contribution in [2.45, 2.75) is 0 Å². The maximum atomic E-state index is 11.0. The van der Waals surface area contributed by atoms with Crippen LogP contribution in [0, 0.1) is 11.3 Å². The average Bonchev–Trinajstić information content (AvgIpc) is 2.25. The molecule has 0 aliphatic carbocycles. The first-order chi connectivity index (χ1) is 7.42. The predicted octanol–water partition coefficient (Wildman–Crippen LogP) is 0.434. The first-order valence-electron chi connectivity index (χ1n) is 4.67. The van der Waals surface area contributed by atoms with Gasteiger partial charge in [0.1, 0.15) is 21.6 Å². The van der Waals surface area contributed by atoms with Gasteiger partial charge in [-0.1, -0.05) is 0 Å². The lowest BCUT2D eigenvalue weighted by Gasteiger charge is -2.17. The summed E-state index contributed by atoms with van der Waals surface area (Å²) in [7, 11) is -1.17. The van der Waals surface area contributed by atoms with Crippen molar-refractivity contribution < 1.29 is 8.42 Å². The quantitative estimate of drug-likeness (QED) is 0.762. The Kier molecular flexibility index (Phi) is 3.85. The van der Waals surface area contributed by atoms with E-state index in [0.717, 1.165) is 5.69 Å². The van der Waals surface area contributed by atoms with Crippen molar-refractivity contribution in [1.82, 2.24) is 4.98 Å². The fraction of sp³-hybridized carbons (Fsp3) is 0.400. The van der Waals surface area contributed by atoms with Gasteiger partial charge in [-0.2, -0.15) is 5.26 Å². The third-order valence-corrected chi connectivity index (χ3v) is 3.02. The molecule has 0 radical (unpaired) electrons. The van der Waals surface area contributed by atoms with E-state index in [1.54, 1.807) is 30.3 Å². The molecule has 5 nitrogen and oxygen atoms in total. The van der Waals surface area contributed by atoms with Crippen LogP contribution in [0.3, 0.4) is 0 Å². The third-order valence-electron chi connectivity index (χ3n) is 2.10. The Labute approximate surface area is 95.3 Å². The first kappa shape index (κ1) is 12.5. The van der Waals surface area contributed by atoms with Crippen molar-refractivity contribution in [3.05, 3.63) is 24.0 Å². The SMILES string of the molecule is CN(CCS(C)(=O)=O)c1ccc(C#N)nc1. The smallest absolute Gasteiger partial charge is 0.149 e. The molecule has 16 heavy (non-hydrogen) atoms. The van der Waals surface area contributed by atoms with E-state index in [-0.39, 0.29) is 5.75 Å². The van der Waals surface area contributed by atoms with Crippen molar-refractivity contribution >= 4 is 15.5 Å². The van der Waals surface area contributed by atoms with Gasteiger partial charge in [-0.15, -0.1) is 0 Å². The lowest BCUT2D eigenvalue weighted by Crippen LogP contribution is -2.24. The highest BCUT2D eigenvalue weighted by Gasteiger charge is 2.06. The summed E-state index contributed by atoms with van der Waals surface area (Å²) in [5.74, 6) is 0.101. The minimum atomic E-state index is -2.95. The summed E-state index contributed by atoms with van der Waals surface area (Å²) in [6.07, 6.45) is 2.76. The van der Waals surface area contributed by atoms with Gasteiger partial charge in [0.25, 0.3) is 0 Å². The van der Waals surface area contributed by atoms with Gasteiger partial charge in [-0.3, -0.25) is 0 Å². The summed E-state index contributed by atoms with van der Waals surface area (Å²) in [6.45, 7) is 0.409. The number of anilines is 1. The van der Waals surface area contributed by atoms with Crippen molar-refractivity contribution in [2.75, 3.05) is 30.5 Å². The predicted molar refractivity (Wildman–Crippen MR) is 61.9 cm³/mol. The van der Waals surface area contributed by atoms with Crippen LogP contribution in [0.2, 0.25) is 0 Å². The molecule has 0 aliphatic rings. The summed E-state index contributed by atoms with van der Waals surface area (Å²) >= 11 is 0. The fourth-order valence-corrected chi connectivity index (χ4v) is 1.72. The van der Waals surface area contributed by atoms with E-state index in [4.69, 9.17) is 5.26 Å². The summed E-state index contributed by atoms with van der Waals surface area (Å²) in [6, 6.07) is 5.27. The van der Waals surface area contributed by atoms with Gasteiger partial charge in [0.05, 0.1) is 17.6 Å². The van der Waals surface area contributed by atoms with Gasteiger partial charge < -0.3 is 4.90 Å². The molecule has 0 amide bonds. The molecule has 0 aliphatic heterocycles. The van der Waals surface area contributed by atoms with Crippen LogP contribution in [0.15, 0.2) is 18.3 Å². The highest BCUT2D eigenvalue weighted by atomic mass is 32.2. The van der Waals surface area contributed by atoms with Crippen molar-refractivity contribution in [2.24, 2.45) is 0 Å². The summed E-state index contributed by atoms with van der Waals surface area (Å²) in [4.78, 5) is 5.70. The number of hydrogen-bond donors (Lipinski definition) is 0. The van der Waals surface area contributed by atoms with Gasteiger partial charge in [0, 0.05) is 19.8 Å². The standard InChI is InChI=1S/C10H13N3O2S/c1-13(5-6-16(2,14)15)10-4-3-9(7-11)12-8-10/h3-4,8H,5-6H2,1-2H3. The van der Waals surface area contributed by atoms with Gasteiger partial charge in [0.15, 0.2) is 0 Å². The Morgan fingerprint density at radius 2 is 2.19 bits per heavy atom. The van der Waals surface area contributed by atoms with E-state index >= 15 is 0 Å². The van der Waals surface area contributed by atoms with Crippen LogP contribution >= 0.6 is 0 Å². The Morgan fingerprint density at radius 1 is 1.50 bits per heavy atom. The second-order valence-electron chi connectivity index (χ2n) is 3.56. The van der Waals surface area contributed by atoms with Crippen LogP contribution < -0.4 is 4.90 Å². The van der Waals surface area contributed by atoms with E-state index in [2.05, 4.69) is 4.98 Å². The summed E-state index contributed by atoms with van der Waals surface area (Å²) in [5.41, 5.74) is 1.14. The number of nitriles is 1. The number of aromatic nitrogens is 1. The molecule has 0 aromatic carbocycles. The normalized spacial score (nSPS) is 10.8.